The van der Waals surface area contributed by atoms with Crippen LogP contribution in [0.2, 0.25) is 0 Å². The Balaban J connectivity index is 1.21. The van der Waals surface area contributed by atoms with E-state index in [-0.39, 0.29) is 29.1 Å². The number of halogens is 1. The van der Waals surface area contributed by atoms with E-state index in [0.717, 1.165) is 44.2 Å². The Kier molecular flexibility index (Phi) is 5.46. The second-order valence-corrected chi connectivity index (χ2v) is 12.3. The number of urea groups is 1. The van der Waals surface area contributed by atoms with Crippen LogP contribution in [-0.4, -0.2) is 35.5 Å². The van der Waals surface area contributed by atoms with E-state index in [0.29, 0.717) is 29.8 Å². The monoisotopic (exact) mass is 456 g/mol. The van der Waals surface area contributed by atoms with Crippen molar-refractivity contribution in [2.24, 2.45) is 28.4 Å². The van der Waals surface area contributed by atoms with Gasteiger partial charge in [0.05, 0.1) is 11.6 Å². The van der Waals surface area contributed by atoms with Gasteiger partial charge in [0.15, 0.2) is 0 Å². The molecule has 7 heteroatoms. The summed E-state index contributed by atoms with van der Waals surface area (Å²) in [4.78, 5) is 26.6. The number of nitrogens with zero attached hydrogens (tertiary/aromatic N) is 1. The molecule has 6 nitrogen and oxygen atoms in total. The number of nitrogens with two attached hydrogens (primary N) is 1. The summed E-state index contributed by atoms with van der Waals surface area (Å²) >= 11 is 0. The Morgan fingerprint density at radius 3 is 2.52 bits per heavy atom. The molecule has 1 heterocycles. The largest absolute Gasteiger partial charge is 0.369 e. The number of anilines is 1. The fourth-order valence-electron chi connectivity index (χ4n) is 8.43. The summed E-state index contributed by atoms with van der Waals surface area (Å²) in [6.45, 7) is 6.79. The lowest BCUT2D eigenvalue weighted by atomic mass is 9.43. The number of rotatable bonds is 5. The second-order valence-electron chi connectivity index (χ2n) is 12.3. The number of benzene rings is 1. The van der Waals surface area contributed by atoms with Crippen molar-refractivity contribution < 1.29 is 14.0 Å². The minimum atomic E-state index is -0.435. The highest BCUT2D eigenvalue weighted by atomic mass is 19.1. The fourth-order valence-corrected chi connectivity index (χ4v) is 8.43. The summed E-state index contributed by atoms with van der Waals surface area (Å²) in [6, 6.07) is 4.66. The van der Waals surface area contributed by atoms with E-state index < -0.39 is 5.82 Å². The fraction of sp³-hybridized carbons (Fsp3) is 0.692. The molecule has 4 bridgehead atoms. The molecule has 1 saturated heterocycles. The van der Waals surface area contributed by atoms with Crippen LogP contribution in [-0.2, 0) is 11.3 Å². The maximum absolute atomic E-state index is 14.9. The van der Waals surface area contributed by atoms with Crippen LogP contribution >= 0.6 is 0 Å². The maximum Gasteiger partial charge on any atom is 0.319 e. The zero-order chi connectivity index (χ0) is 23.4. The Morgan fingerprint density at radius 2 is 1.88 bits per heavy atom. The first-order chi connectivity index (χ1) is 15.5. The molecule has 0 spiro atoms. The lowest BCUT2D eigenvalue weighted by Crippen LogP contribution is -2.65. The van der Waals surface area contributed by atoms with Gasteiger partial charge in [-0.3, -0.25) is 9.69 Å². The van der Waals surface area contributed by atoms with Crippen molar-refractivity contribution in [2.75, 3.05) is 18.4 Å². The van der Waals surface area contributed by atoms with Crippen molar-refractivity contribution in [1.82, 2.24) is 10.2 Å². The van der Waals surface area contributed by atoms with E-state index >= 15 is 0 Å². The molecule has 4 N–H and O–H groups in total. The number of piperidine rings is 1. The molecule has 0 aromatic heterocycles. The Bertz CT molecular complexity index is 948. The van der Waals surface area contributed by atoms with Gasteiger partial charge in [-0.1, -0.05) is 19.9 Å². The zero-order valence-corrected chi connectivity index (χ0v) is 19.9. The summed E-state index contributed by atoms with van der Waals surface area (Å²) in [5.74, 6) is -0.159. The number of amides is 3. The molecular formula is C26H37FN4O2. The van der Waals surface area contributed by atoms with Gasteiger partial charge in [-0.25, -0.2) is 9.18 Å². The van der Waals surface area contributed by atoms with Crippen LogP contribution in [0.4, 0.5) is 14.9 Å². The van der Waals surface area contributed by atoms with E-state index in [1.54, 1.807) is 6.07 Å². The first kappa shape index (κ1) is 22.6. The summed E-state index contributed by atoms with van der Waals surface area (Å²) in [5.41, 5.74) is 6.92. The Morgan fingerprint density at radius 1 is 1.15 bits per heavy atom. The number of carbonyl (C=O) groups excluding carboxylic acids is 2. The molecule has 4 saturated carbocycles. The normalized spacial score (nSPS) is 37.7. The standard InChI is InChI=1S/C26H37FN4O2/c1-24-9-18-10-25(2,14-24)16-26(11-18,15-24)30-23(33)29-21-6-5-17(8-20(21)27)12-31-7-3-4-19(13-31)22(28)32/h5-6,8,18-19H,3-4,7,9-16H2,1-2H3,(H2,28,32)(H2,29,30,33)/t18?,19?,24-,25+,26?. The van der Waals surface area contributed by atoms with Crippen LogP contribution in [0.3, 0.4) is 0 Å². The van der Waals surface area contributed by atoms with Crippen molar-refractivity contribution >= 4 is 17.6 Å². The highest BCUT2D eigenvalue weighted by Gasteiger charge is 2.60. The van der Waals surface area contributed by atoms with E-state index in [1.807, 2.05) is 6.07 Å². The summed E-state index contributed by atoms with van der Waals surface area (Å²) in [5, 5.41) is 6.04. The van der Waals surface area contributed by atoms with Gasteiger partial charge in [-0.15, -0.1) is 0 Å². The van der Waals surface area contributed by atoms with Gasteiger partial charge in [0, 0.05) is 18.6 Å². The van der Waals surface area contributed by atoms with E-state index in [9.17, 15) is 14.0 Å². The lowest BCUT2D eigenvalue weighted by molar-refractivity contribution is -0.123. The average molecular weight is 457 g/mol. The molecule has 33 heavy (non-hydrogen) atoms. The van der Waals surface area contributed by atoms with E-state index in [1.165, 1.54) is 25.3 Å². The number of carbonyl (C=O) groups is 2. The average Bonchev–Trinajstić information content (AvgIpc) is 2.67. The van der Waals surface area contributed by atoms with Crippen LogP contribution < -0.4 is 16.4 Å². The van der Waals surface area contributed by atoms with Gasteiger partial charge in [0.1, 0.15) is 5.82 Å². The van der Waals surface area contributed by atoms with Crippen LogP contribution in [0.15, 0.2) is 18.2 Å². The maximum atomic E-state index is 14.9. The predicted octanol–water partition coefficient (Wildman–Crippen LogP) is 4.39. The SMILES string of the molecule is C[C@]12CC3CC(NC(=O)Nc4ccc(CN5CCCC(C(N)=O)C5)cc4F)(C1)C[C@@](C)(C3)C2. The van der Waals surface area contributed by atoms with Gasteiger partial charge >= 0.3 is 6.03 Å². The third kappa shape index (κ3) is 4.61. The second kappa shape index (κ2) is 7.97. The summed E-state index contributed by atoms with van der Waals surface area (Å²) in [7, 11) is 0. The van der Waals surface area contributed by atoms with Gasteiger partial charge in [-0.2, -0.15) is 0 Å². The molecule has 1 aromatic carbocycles. The molecule has 5 atom stereocenters. The molecule has 3 amide bonds. The van der Waals surface area contributed by atoms with Gasteiger partial charge in [0.25, 0.3) is 0 Å². The summed E-state index contributed by atoms with van der Waals surface area (Å²) < 4.78 is 14.9. The molecule has 4 aliphatic carbocycles. The minimum Gasteiger partial charge on any atom is -0.369 e. The zero-order valence-electron chi connectivity index (χ0n) is 19.9. The molecule has 1 aliphatic heterocycles. The number of hydrogen-bond donors (Lipinski definition) is 3. The highest BCUT2D eigenvalue weighted by Crippen LogP contribution is 2.66. The number of hydrogen-bond acceptors (Lipinski definition) is 3. The molecule has 6 rings (SSSR count). The van der Waals surface area contributed by atoms with E-state index in [2.05, 4.69) is 29.4 Å². The molecule has 5 fully saturated rings. The topological polar surface area (TPSA) is 87.5 Å². The third-order valence-electron chi connectivity index (χ3n) is 8.60. The van der Waals surface area contributed by atoms with Crippen molar-refractivity contribution in [2.45, 2.75) is 77.3 Å². The number of likely N-dealkylation sites (tertiary alicyclic amines) is 1. The minimum absolute atomic E-state index is 0.137. The van der Waals surface area contributed by atoms with Crippen LogP contribution in [0, 0.1) is 28.5 Å². The van der Waals surface area contributed by atoms with Crippen molar-refractivity contribution in [3.8, 4) is 0 Å². The molecular weight excluding hydrogens is 419 g/mol. The van der Waals surface area contributed by atoms with Gasteiger partial charge in [-0.05, 0) is 92.4 Å². The molecule has 180 valence electrons. The number of primary amides is 1. The van der Waals surface area contributed by atoms with Crippen molar-refractivity contribution in [3.05, 3.63) is 29.6 Å². The Labute approximate surface area is 195 Å². The molecule has 3 unspecified atom stereocenters. The van der Waals surface area contributed by atoms with Crippen molar-refractivity contribution in [3.63, 3.8) is 0 Å². The first-order valence-electron chi connectivity index (χ1n) is 12.4. The summed E-state index contributed by atoms with van der Waals surface area (Å²) in [6.07, 6.45) is 8.58. The van der Waals surface area contributed by atoms with Gasteiger partial charge in [0.2, 0.25) is 5.91 Å². The van der Waals surface area contributed by atoms with Crippen LogP contribution in [0.25, 0.3) is 0 Å². The van der Waals surface area contributed by atoms with Crippen molar-refractivity contribution in [1.29, 1.82) is 0 Å². The molecule has 5 aliphatic rings. The number of nitrogens with one attached hydrogen (secondary N) is 2. The quantitative estimate of drug-likeness (QED) is 0.614. The van der Waals surface area contributed by atoms with E-state index in [4.69, 9.17) is 5.73 Å². The smallest absolute Gasteiger partial charge is 0.319 e. The van der Waals surface area contributed by atoms with Crippen LogP contribution in [0.5, 0.6) is 0 Å². The highest BCUT2D eigenvalue weighted by molar-refractivity contribution is 5.90. The Hall–Kier alpha value is -2.15. The molecule has 1 aromatic rings. The molecule has 0 radical (unpaired) electrons. The lowest BCUT2D eigenvalue weighted by Gasteiger charge is -2.65. The third-order valence-corrected chi connectivity index (χ3v) is 8.60. The van der Waals surface area contributed by atoms with Crippen LogP contribution in [0.1, 0.15) is 70.8 Å². The van der Waals surface area contributed by atoms with Gasteiger partial charge < -0.3 is 16.4 Å². The first-order valence-corrected chi connectivity index (χ1v) is 12.4. The predicted molar refractivity (Wildman–Crippen MR) is 126 cm³/mol.